The third-order valence-corrected chi connectivity index (χ3v) is 5.35. The van der Waals surface area contributed by atoms with Crippen LogP contribution < -0.4 is 0 Å². The highest BCUT2D eigenvalue weighted by atomic mass is 32.2. The third-order valence-electron chi connectivity index (χ3n) is 3.39. The second-order valence-corrected chi connectivity index (χ2v) is 7.05. The molecule has 2 fully saturated rings. The molecule has 1 aliphatic carbocycles. The van der Waals surface area contributed by atoms with Gasteiger partial charge in [-0.3, -0.25) is 9.59 Å². The Kier molecular flexibility index (Phi) is 4.10. The van der Waals surface area contributed by atoms with Crippen LogP contribution >= 0.6 is 0 Å². The molecule has 0 unspecified atom stereocenters. The van der Waals surface area contributed by atoms with E-state index in [1.54, 1.807) is 0 Å². The molecule has 1 amide bonds. The highest BCUT2D eigenvalue weighted by Crippen LogP contribution is 2.27. The van der Waals surface area contributed by atoms with E-state index in [2.05, 4.69) is 0 Å². The van der Waals surface area contributed by atoms with Crippen molar-refractivity contribution >= 4 is 21.9 Å². The van der Waals surface area contributed by atoms with E-state index in [0.29, 0.717) is 13.0 Å². The minimum atomic E-state index is -3.19. The third kappa shape index (κ3) is 3.66. The summed E-state index contributed by atoms with van der Waals surface area (Å²) in [6.45, 7) is 0.318. The molecule has 0 spiro atoms. The highest BCUT2D eigenvalue weighted by Gasteiger charge is 2.35. The molecule has 1 aliphatic heterocycles. The number of carbonyl (C=O) groups excluding carboxylic acids is 1. The first kappa shape index (κ1) is 14.3. The second kappa shape index (κ2) is 5.46. The van der Waals surface area contributed by atoms with Crippen molar-refractivity contribution < 1.29 is 23.1 Å². The molecule has 1 saturated carbocycles. The van der Waals surface area contributed by atoms with Crippen molar-refractivity contribution in [2.24, 2.45) is 0 Å². The minimum Gasteiger partial charge on any atom is -0.480 e. The molecule has 0 aromatic heterocycles. The number of carbonyl (C=O) groups is 2. The van der Waals surface area contributed by atoms with E-state index in [9.17, 15) is 18.0 Å². The standard InChI is InChI=1S/C11H18N2O5S/c14-10(13(8-11(15)16)9-2-3-9)4-6-12-5-1-7-19(12,17)18/h9H,1-8H2,(H,15,16). The van der Waals surface area contributed by atoms with Gasteiger partial charge in [0.1, 0.15) is 6.54 Å². The number of rotatable bonds is 6. The van der Waals surface area contributed by atoms with E-state index < -0.39 is 16.0 Å². The van der Waals surface area contributed by atoms with Crippen molar-refractivity contribution in [2.75, 3.05) is 25.4 Å². The van der Waals surface area contributed by atoms with Gasteiger partial charge in [0.15, 0.2) is 0 Å². The Bertz CT molecular complexity index is 471. The fourth-order valence-corrected chi connectivity index (χ4v) is 3.79. The van der Waals surface area contributed by atoms with Crippen molar-refractivity contribution in [1.82, 2.24) is 9.21 Å². The second-order valence-electron chi connectivity index (χ2n) is 4.97. The molecule has 0 aromatic carbocycles. The summed E-state index contributed by atoms with van der Waals surface area (Å²) in [5, 5.41) is 8.77. The first-order chi connectivity index (χ1) is 8.90. The molecular weight excluding hydrogens is 272 g/mol. The molecule has 19 heavy (non-hydrogen) atoms. The molecule has 7 nitrogen and oxygen atoms in total. The quantitative estimate of drug-likeness (QED) is 0.710. The van der Waals surface area contributed by atoms with Crippen LogP contribution in [0.2, 0.25) is 0 Å². The molecule has 0 radical (unpaired) electrons. The van der Waals surface area contributed by atoms with E-state index in [0.717, 1.165) is 12.8 Å². The summed E-state index contributed by atoms with van der Waals surface area (Å²) in [5.41, 5.74) is 0. The number of hydrogen-bond donors (Lipinski definition) is 1. The van der Waals surface area contributed by atoms with Gasteiger partial charge in [-0.05, 0) is 19.3 Å². The average molecular weight is 290 g/mol. The summed E-state index contributed by atoms with van der Waals surface area (Å²) < 4.78 is 24.5. The summed E-state index contributed by atoms with van der Waals surface area (Å²) in [7, 11) is -3.19. The van der Waals surface area contributed by atoms with Crippen LogP contribution in [-0.2, 0) is 19.6 Å². The van der Waals surface area contributed by atoms with Crippen molar-refractivity contribution in [3.05, 3.63) is 0 Å². The zero-order valence-electron chi connectivity index (χ0n) is 10.6. The lowest BCUT2D eigenvalue weighted by Gasteiger charge is -2.21. The van der Waals surface area contributed by atoms with Gasteiger partial charge < -0.3 is 10.0 Å². The molecule has 1 saturated heterocycles. The van der Waals surface area contributed by atoms with Crippen LogP contribution in [0.3, 0.4) is 0 Å². The van der Waals surface area contributed by atoms with Crippen molar-refractivity contribution in [3.8, 4) is 0 Å². The van der Waals surface area contributed by atoms with Gasteiger partial charge in [-0.1, -0.05) is 0 Å². The molecule has 1 N–H and O–H groups in total. The van der Waals surface area contributed by atoms with Crippen LogP contribution in [0.5, 0.6) is 0 Å². The van der Waals surface area contributed by atoms with E-state index >= 15 is 0 Å². The van der Waals surface area contributed by atoms with Crippen LogP contribution in [-0.4, -0.2) is 66.0 Å². The molecule has 1 heterocycles. The lowest BCUT2D eigenvalue weighted by atomic mass is 10.3. The Morgan fingerprint density at radius 2 is 2.00 bits per heavy atom. The highest BCUT2D eigenvalue weighted by molar-refractivity contribution is 7.89. The Hall–Kier alpha value is -1.15. The summed E-state index contributed by atoms with van der Waals surface area (Å²) in [6, 6.07) is 0.0267. The van der Waals surface area contributed by atoms with Crippen LogP contribution in [0.4, 0.5) is 0 Å². The van der Waals surface area contributed by atoms with Crippen LogP contribution in [0.1, 0.15) is 25.7 Å². The number of nitrogens with zero attached hydrogens (tertiary/aromatic N) is 2. The lowest BCUT2D eigenvalue weighted by molar-refractivity contribution is -0.145. The zero-order valence-corrected chi connectivity index (χ0v) is 11.4. The summed E-state index contributed by atoms with van der Waals surface area (Å²) in [6.07, 6.45) is 2.32. The van der Waals surface area contributed by atoms with Crippen molar-refractivity contribution in [3.63, 3.8) is 0 Å². The number of carboxylic acid groups (broad SMARTS) is 1. The number of carboxylic acids is 1. The topological polar surface area (TPSA) is 95.0 Å². The van der Waals surface area contributed by atoms with Gasteiger partial charge in [0, 0.05) is 25.6 Å². The first-order valence-electron chi connectivity index (χ1n) is 6.39. The van der Waals surface area contributed by atoms with E-state index in [1.807, 2.05) is 0 Å². The Labute approximate surface area is 112 Å². The Balaban J connectivity index is 1.87. The summed E-state index contributed by atoms with van der Waals surface area (Å²) >= 11 is 0. The van der Waals surface area contributed by atoms with E-state index in [-0.39, 0.29) is 37.2 Å². The first-order valence-corrected chi connectivity index (χ1v) is 8.00. The van der Waals surface area contributed by atoms with Gasteiger partial charge in [-0.15, -0.1) is 0 Å². The number of amides is 1. The van der Waals surface area contributed by atoms with Gasteiger partial charge >= 0.3 is 5.97 Å². The number of hydrogen-bond acceptors (Lipinski definition) is 4. The minimum absolute atomic E-state index is 0.0267. The molecule has 2 aliphatic rings. The fourth-order valence-electron chi connectivity index (χ4n) is 2.26. The molecule has 0 bridgehead atoms. The van der Waals surface area contributed by atoms with Crippen molar-refractivity contribution in [1.29, 1.82) is 0 Å². The summed E-state index contributed by atoms with van der Waals surface area (Å²) in [4.78, 5) is 24.0. The van der Waals surface area contributed by atoms with Crippen LogP contribution in [0, 0.1) is 0 Å². The van der Waals surface area contributed by atoms with Gasteiger partial charge in [-0.25, -0.2) is 12.7 Å². The lowest BCUT2D eigenvalue weighted by Crippen LogP contribution is -2.39. The maximum Gasteiger partial charge on any atom is 0.323 e. The zero-order chi connectivity index (χ0) is 14.0. The fraction of sp³-hybridized carbons (Fsp3) is 0.818. The monoisotopic (exact) mass is 290 g/mol. The van der Waals surface area contributed by atoms with Gasteiger partial charge in [0.25, 0.3) is 0 Å². The predicted octanol–water partition coefficient (Wildman–Crippen LogP) is -0.512. The molecule has 8 heteroatoms. The van der Waals surface area contributed by atoms with Crippen LogP contribution in [0.25, 0.3) is 0 Å². The maximum absolute atomic E-state index is 12.0. The largest absolute Gasteiger partial charge is 0.480 e. The Morgan fingerprint density at radius 1 is 1.32 bits per heavy atom. The van der Waals surface area contributed by atoms with Crippen LogP contribution in [0.15, 0.2) is 0 Å². The molecule has 0 aromatic rings. The molecule has 0 atom stereocenters. The van der Waals surface area contributed by atoms with E-state index in [1.165, 1.54) is 9.21 Å². The molecule has 108 valence electrons. The van der Waals surface area contributed by atoms with Gasteiger partial charge in [-0.2, -0.15) is 0 Å². The Morgan fingerprint density at radius 3 is 2.47 bits per heavy atom. The predicted molar refractivity (Wildman–Crippen MR) is 67.0 cm³/mol. The average Bonchev–Trinajstić information content (AvgIpc) is 3.08. The van der Waals surface area contributed by atoms with Gasteiger partial charge in [0.05, 0.1) is 5.75 Å². The molecular formula is C11H18N2O5S. The van der Waals surface area contributed by atoms with Crippen molar-refractivity contribution in [2.45, 2.75) is 31.7 Å². The number of sulfonamides is 1. The van der Waals surface area contributed by atoms with E-state index in [4.69, 9.17) is 5.11 Å². The maximum atomic E-state index is 12.0. The molecule has 2 rings (SSSR count). The summed E-state index contributed by atoms with van der Waals surface area (Å²) in [5.74, 6) is -1.16. The normalized spacial score (nSPS) is 22.3. The number of aliphatic carboxylic acids is 1. The smallest absolute Gasteiger partial charge is 0.323 e. The SMILES string of the molecule is O=C(O)CN(C(=O)CCN1CCCS1(=O)=O)C1CC1. The van der Waals surface area contributed by atoms with Gasteiger partial charge in [0.2, 0.25) is 15.9 Å².